The van der Waals surface area contributed by atoms with Crippen LogP contribution in [-0.2, 0) is 0 Å². The predicted octanol–water partition coefficient (Wildman–Crippen LogP) is 2.79. The van der Waals surface area contributed by atoms with Gasteiger partial charge >= 0.3 is 0 Å². The Balaban J connectivity index is 2.65. The molecular formula is C14H21NO2. The molecule has 2 N–H and O–H groups in total. The second kappa shape index (κ2) is 5.82. The first kappa shape index (κ1) is 13.7. The van der Waals surface area contributed by atoms with Crippen LogP contribution in [0, 0.1) is 0 Å². The second-order valence-electron chi connectivity index (χ2n) is 4.87. The minimum Gasteiger partial charge on any atom is -0.494 e. The zero-order valence-corrected chi connectivity index (χ0v) is 10.8. The van der Waals surface area contributed by atoms with Gasteiger partial charge in [-0.25, -0.2) is 0 Å². The molecule has 0 amide bonds. The third-order valence-corrected chi connectivity index (χ3v) is 2.46. The fourth-order valence-electron chi connectivity index (χ4n) is 1.51. The summed E-state index contributed by atoms with van der Waals surface area (Å²) < 4.78 is 5.37. The van der Waals surface area contributed by atoms with Gasteiger partial charge in [-0.3, -0.25) is 4.79 Å². The Morgan fingerprint density at radius 3 is 2.71 bits per heavy atom. The lowest BCUT2D eigenvalue weighted by atomic mass is 9.96. The molecule has 0 aliphatic heterocycles. The first-order valence-corrected chi connectivity index (χ1v) is 5.97. The number of ketones is 1. The van der Waals surface area contributed by atoms with Gasteiger partial charge in [-0.1, -0.05) is 12.1 Å². The van der Waals surface area contributed by atoms with E-state index >= 15 is 0 Å². The van der Waals surface area contributed by atoms with E-state index < -0.39 is 0 Å². The van der Waals surface area contributed by atoms with Crippen molar-refractivity contribution in [3.8, 4) is 5.75 Å². The third-order valence-electron chi connectivity index (χ3n) is 2.46. The number of rotatable bonds is 6. The Morgan fingerprint density at radius 2 is 2.12 bits per heavy atom. The van der Waals surface area contributed by atoms with Crippen molar-refractivity contribution in [1.29, 1.82) is 0 Å². The van der Waals surface area contributed by atoms with E-state index in [-0.39, 0.29) is 11.3 Å². The average Bonchev–Trinajstić information content (AvgIpc) is 2.26. The summed E-state index contributed by atoms with van der Waals surface area (Å²) in [6, 6.07) is 7.29. The van der Waals surface area contributed by atoms with E-state index in [4.69, 9.17) is 10.5 Å². The van der Waals surface area contributed by atoms with Crippen molar-refractivity contribution in [1.82, 2.24) is 0 Å². The van der Waals surface area contributed by atoms with Crippen LogP contribution < -0.4 is 10.5 Å². The number of benzene rings is 1. The Hall–Kier alpha value is -1.35. The lowest BCUT2D eigenvalue weighted by Gasteiger charge is -2.17. The van der Waals surface area contributed by atoms with Gasteiger partial charge in [-0.05, 0) is 39.3 Å². The van der Waals surface area contributed by atoms with Gasteiger partial charge in [-0.15, -0.1) is 0 Å². The average molecular weight is 235 g/mol. The van der Waals surface area contributed by atoms with E-state index in [9.17, 15) is 4.79 Å². The SMILES string of the molecule is CCOc1cccc(C(=O)CCC(C)(C)N)c1. The highest BCUT2D eigenvalue weighted by molar-refractivity contribution is 5.96. The summed E-state index contributed by atoms with van der Waals surface area (Å²) in [5, 5.41) is 0. The summed E-state index contributed by atoms with van der Waals surface area (Å²) in [4.78, 5) is 11.9. The van der Waals surface area contributed by atoms with Crippen LogP contribution in [0.25, 0.3) is 0 Å². The van der Waals surface area contributed by atoms with Crippen LogP contribution in [0.15, 0.2) is 24.3 Å². The van der Waals surface area contributed by atoms with Gasteiger partial charge in [-0.2, -0.15) is 0 Å². The maximum absolute atomic E-state index is 11.9. The van der Waals surface area contributed by atoms with Crippen molar-refractivity contribution in [3.63, 3.8) is 0 Å². The molecule has 94 valence electrons. The molecule has 0 fully saturated rings. The minimum atomic E-state index is -0.298. The molecule has 0 unspecified atom stereocenters. The Kier molecular flexibility index (Phi) is 4.70. The molecule has 3 nitrogen and oxygen atoms in total. The van der Waals surface area contributed by atoms with Gasteiger partial charge in [0.05, 0.1) is 6.61 Å². The molecule has 0 radical (unpaired) electrons. The summed E-state index contributed by atoms with van der Waals surface area (Å²) >= 11 is 0. The molecule has 0 bridgehead atoms. The van der Waals surface area contributed by atoms with Crippen molar-refractivity contribution >= 4 is 5.78 Å². The number of carbonyl (C=O) groups excluding carboxylic acids is 1. The van der Waals surface area contributed by atoms with Crippen molar-refractivity contribution in [2.75, 3.05) is 6.61 Å². The van der Waals surface area contributed by atoms with Crippen molar-refractivity contribution in [2.24, 2.45) is 5.73 Å². The first-order chi connectivity index (χ1) is 7.92. The summed E-state index contributed by atoms with van der Waals surface area (Å²) in [5.74, 6) is 0.857. The summed E-state index contributed by atoms with van der Waals surface area (Å²) in [6.07, 6.45) is 1.16. The van der Waals surface area contributed by atoms with Crippen LogP contribution in [0.3, 0.4) is 0 Å². The zero-order chi connectivity index (χ0) is 12.9. The highest BCUT2D eigenvalue weighted by atomic mass is 16.5. The molecule has 1 aromatic rings. The Morgan fingerprint density at radius 1 is 1.41 bits per heavy atom. The molecule has 1 rings (SSSR count). The number of hydrogen-bond acceptors (Lipinski definition) is 3. The fraction of sp³-hybridized carbons (Fsp3) is 0.500. The van der Waals surface area contributed by atoms with Crippen molar-refractivity contribution < 1.29 is 9.53 Å². The quantitative estimate of drug-likeness (QED) is 0.771. The van der Waals surface area contributed by atoms with Crippen LogP contribution >= 0.6 is 0 Å². The molecule has 3 heteroatoms. The van der Waals surface area contributed by atoms with Gasteiger partial charge in [0.2, 0.25) is 0 Å². The van der Waals surface area contributed by atoms with Crippen LogP contribution in [-0.4, -0.2) is 17.9 Å². The molecule has 0 aliphatic carbocycles. The van der Waals surface area contributed by atoms with E-state index in [0.717, 1.165) is 5.75 Å². The maximum atomic E-state index is 11.9. The molecule has 0 aromatic heterocycles. The molecule has 0 atom stereocenters. The Labute approximate surface area is 103 Å². The highest BCUT2D eigenvalue weighted by Gasteiger charge is 2.14. The maximum Gasteiger partial charge on any atom is 0.163 e. The van der Waals surface area contributed by atoms with Crippen LogP contribution in [0.5, 0.6) is 5.75 Å². The largest absolute Gasteiger partial charge is 0.494 e. The number of Topliss-reactive ketones (excluding diaryl/α,β-unsaturated/α-hetero) is 1. The normalized spacial score (nSPS) is 11.3. The van der Waals surface area contributed by atoms with Crippen LogP contribution in [0.4, 0.5) is 0 Å². The third kappa shape index (κ3) is 5.00. The number of hydrogen-bond donors (Lipinski definition) is 1. The second-order valence-corrected chi connectivity index (χ2v) is 4.87. The van der Waals surface area contributed by atoms with Crippen molar-refractivity contribution in [2.45, 2.75) is 39.2 Å². The molecule has 0 saturated heterocycles. The molecule has 0 saturated carbocycles. The molecule has 0 heterocycles. The number of ether oxygens (including phenoxy) is 1. The number of nitrogens with two attached hydrogens (primary N) is 1. The first-order valence-electron chi connectivity index (χ1n) is 5.97. The van der Waals surface area contributed by atoms with E-state index in [0.29, 0.717) is 25.0 Å². The minimum absolute atomic E-state index is 0.116. The summed E-state index contributed by atoms with van der Waals surface area (Å²) in [7, 11) is 0. The van der Waals surface area contributed by atoms with Gasteiger partial charge in [0.1, 0.15) is 5.75 Å². The van der Waals surface area contributed by atoms with Gasteiger partial charge in [0.15, 0.2) is 5.78 Å². The standard InChI is InChI=1S/C14H21NO2/c1-4-17-12-7-5-6-11(10-12)13(16)8-9-14(2,3)15/h5-7,10H,4,8-9,15H2,1-3H3. The Bertz CT molecular complexity index is 380. The van der Waals surface area contributed by atoms with Crippen LogP contribution in [0.2, 0.25) is 0 Å². The van der Waals surface area contributed by atoms with Gasteiger partial charge < -0.3 is 10.5 Å². The highest BCUT2D eigenvalue weighted by Crippen LogP contribution is 2.17. The molecule has 0 spiro atoms. The zero-order valence-electron chi connectivity index (χ0n) is 10.8. The predicted molar refractivity (Wildman–Crippen MR) is 69.4 cm³/mol. The van der Waals surface area contributed by atoms with Gasteiger partial charge in [0.25, 0.3) is 0 Å². The lowest BCUT2D eigenvalue weighted by molar-refractivity contribution is 0.0972. The lowest BCUT2D eigenvalue weighted by Crippen LogP contribution is -2.32. The molecule has 0 aliphatic rings. The summed E-state index contributed by atoms with van der Waals surface area (Å²) in [6.45, 7) is 6.38. The molecule has 17 heavy (non-hydrogen) atoms. The fourth-order valence-corrected chi connectivity index (χ4v) is 1.51. The van der Waals surface area contributed by atoms with E-state index in [1.54, 1.807) is 6.07 Å². The van der Waals surface area contributed by atoms with E-state index in [1.807, 2.05) is 39.0 Å². The number of carbonyl (C=O) groups is 1. The molecular weight excluding hydrogens is 214 g/mol. The summed E-state index contributed by atoms with van der Waals surface area (Å²) in [5.41, 5.74) is 6.26. The topological polar surface area (TPSA) is 52.3 Å². The smallest absolute Gasteiger partial charge is 0.163 e. The molecule has 1 aromatic carbocycles. The van der Waals surface area contributed by atoms with Crippen molar-refractivity contribution in [3.05, 3.63) is 29.8 Å². The monoisotopic (exact) mass is 235 g/mol. The van der Waals surface area contributed by atoms with Crippen LogP contribution in [0.1, 0.15) is 44.0 Å². The van der Waals surface area contributed by atoms with E-state index in [2.05, 4.69) is 0 Å². The van der Waals surface area contributed by atoms with E-state index in [1.165, 1.54) is 0 Å². The van der Waals surface area contributed by atoms with Gasteiger partial charge in [0, 0.05) is 17.5 Å².